The van der Waals surface area contributed by atoms with E-state index in [1.54, 1.807) is 34.1 Å². The summed E-state index contributed by atoms with van der Waals surface area (Å²) >= 11 is 0. The lowest BCUT2D eigenvalue weighted by atomic mass is 10.1. The number of rotatable bonds is 2. The summed E-state index contributed by atoms with van der Waals surface area (Å²) in [7, 11) is 0. The topological polar surface area (TPSA) is 59.1 Å². The Balaban J connectivity index is 1.36. The smallest absolute Gasteiger partial charge is 0.232 e. The van der Waals surface area contributed by atoms with Gasteiger partial charge < -0.3 is 19.3 Å². The van der Waals surface area contributed by atoms with Gasteiger partial charge in [-0.25, -0.2) is 4.39 Å². The van der Waals surface area contributed by atoms with Crippen LogP contribution in [0.3, 0.4) is 0 Å². The van der Waals surface area contributed by atoms with Gasteiger partial charge in [0.25, 0.3) is 0 Å². The Morgan fingerprint density at radius 1 is 1.07 bits per heavy atom. The summed E-state index contributed by atoms with van der Waals surface area (Å²) in [6.45, 7) is 1.80. The molecule has 1 saturated heterocycles. The third-order valence-electron chi connectivity index (χ3n) is 5.52. The fourth-order valence-corrected chi connectivity index (χ4v) is 4.12. The van der Waals surface area contributed by atoms with E-state index in [0.29, 0.717) is 55.6 Å². The molecule has 1 fully saturated rings. The Kier molecular flexibility index (Phi) is 3.96. The molecule has 0 spiro atoms. The predicted molar refractivity (Wildman–Crippen MR) is 100 cm³/mol. The number of anilines is 2. The lowest BCUT2D eigenvalue weighted by Crippen LogP contribution is -2.36. The van der Waals surface area contributed by atoms with Crippen molar-refractivity contribution in [2.45, 2.75) is 12.8 Å². The van der Waals surface area contributed by atoms with Crippen molar-refractivity contribution in [1.82, 2.24) is 0 Å². The first-order valence-electron chi connectivity index (χ1n) is 9.40. The highest BCUT2D eigenvalue weighted by molar-refractivity contribution is 6.05. The minimum absolute atomic E-state index is 0.103. The minimum Gasteiger partial charge on any atom is -0.486 e. The van der Waals surface area contributed by atoms with E-state index in [0.717, 1.165) is 5.56 Å². The van der Waals surface area contributed by atoms with E-state index >= 15 is 0 Å². The molecular formula is C21H19FN2O4. The first-order valence-corrected chi connectivity index (χ1v) is 9.40. The first-order chi connectivity index (χ1) is 13.6. The van der Waals surface area contributed by atoms with Crippen LogP contribution in [-0.4, -0.2) is 38.1 Å². The molecule has 7 heteroatoms. The van der Waals surface area contributed by atoms with E-state index in [1.807, 2.05) is 0 Å². The maximum atomic E-state index is 13.6. The van der Waals surface area contributed by atoms with Gasteiger partial charge in [0.15, 0.2) is 11.5 Å². The fraction of sp³-hybridized carbons (Fsp3) is 0.333. The Hall–Kier alpha value is -3.09. The van der Waals surface area contributed by atoms with Gasteiger partial charge in [-0.1, -0.05) is 6.07 Å². The van der Waals surface area contributed by atoms with Crippen LogP contribution in [0.1, 0.15) is 12.0 Å². The first kappa shape index (κ1) is 17.0. The highest BCUT2D eigenvalue weighted by Crippen LogP contribution is 2.37. The van der Waals surface area contributed by atoms with Gasteiger partial charge in [-0.05, 0) is 36.2 Å². The van der Waals surface area contributed by atoms with Gasteiger partial charge in [0, 0.05) is 37.0 Å². The standard InChI is InChI=1S/C21H19FN2O4/c22-15-2-1-13-5-6-23(17(13)10-15)21(26)14-9-20(25)24(12-14)16-3-4-18-19(11-16)28-8-7-27-18/h1-4,10-11,14H,5-9,12H2. The molecule has 0 aliphatic carbocycles. The molecule has 6 nitrogen and oxygen atoms in total. The summed E-state index contributed by atoms with van der Waals surface area (Å²) < 4.78 is 24.7. The van der Waals surface area contributed by atoms with Crippen LogP contribution in [0.2, 0.25) is 0 Å². The minimum atomic E-state index is -0.449. The Morgan fingerprint density at radius 2 is 1.89 bits per heavy atom. The normalized spacial score (nSPS) is 20.5. The van der Waals surface area contributed by atoms with Gasteiger partial charge in [-0.15, -0.1) is 0 Å². The molecule has 28 heavy (non-hydrogen) atoms. The van der Waals surface area contributed by atoms with E-state index in [9.17, 15) is 14.0 Å². The summed E-state index contributed by atoms with van der Waals surface area (Å²) in [4.78, 5) is 28.9. The molecule has 0 aromatic heterocycles. The van der Waals surface area contributed by atoms with Crippen molar-refractivity contribution in [2.24, 2.45) is 5.92 Å². The van der Waals surface area contributed by atoms with Crippen molar-refractivity contribution in [3.05, 3.63) is 47.8 Å². The molecule has 0 bridgehead atoms. The monoisotopic (exact) mass is 382 g/mol. The summed E-state index contributed by atoms with van der Waals surface area (Å²) in [6, 6.07) is 9.90. The molecule has 3 heterocycles. The average Bonchev–Trinajstić information content (AvgIpc) is 3.30. The predicted octanol–water partition coefficient (Wildman–Crippen LogP) is 2.54. The average molecular weight is 382 g/mol. The lowest BCUT2D eigenvalue weighted by Gasteiger charge is -2.23. The van der Waals surface area contributed by atoms with Crippen LogP contribution in [0.15, 0.2) is 36.4 Å². The number of carbonyl (C=O) groups excluding carboxylic acids is 2. The third kappa shape index (κ3) is 2.78. The van der Waals surface area contributed by atoms with E-state index in [2.05, 4.69) is 0 Å². The zero-order valence-corrected chi connectivity index (χ0v) is 15.2. The van der Waals surface area contributed by atoms with E-state index in [-0.39, 0.29) is 24.1 Å². The van der Waals surface area contributed by atoms with Gasteiger partial charge in [-0.3, -0.25) is 9.59 Å². The zero-order chi connectivity index (χ0) is 19.3. The maximum Gasteiger partial charge on any atom is 0.232 e. The Bertz CT molecular complexity index is 977. The highest BCUT2D eigenvalue weighted by atomic mass is 19.1. The summed E-state index contributed by atoms with van der Waals surface area (Å²) in [5.41, 5.74) is 2.27. The molecule has 1 unspecified atom stereocenters. The van der Waals surface area contributed by atoms with Crippen molar-refractivity contribution in [1.29, 1.82) is 0 Å². The third-order valence-corrected chi connectivity index (χ3v) is 5.52. The molecular weight excluding hydrogens is 363 g/mol. The second kappa shape index (κ2) is 6.51. The van der Waals surface area contributed by atoms with E-state index in [4.69, 9.17) is 9.47 Å². The summed E-state index contributed by atoms with van der Waals surface area (Å²) in [5, 5.41) is 0. The number of halogens is 1. The molecule has 5 rings (SSSR count). The molecule has 0 saturated carbocycles. The molecule has 2 aromatic carbocycles. The van der Waals surface area contributed by atoms with Gasteiger partial charge in [-0.2, -0.15) is 0 Å². The van der Waals surface area contributed by atoms with Gasteiger partial charge in [0.1, 0.15) is 19.0 Å². The van der Waals surface area contributed by atoms with Crippen molar-refractivity contribution < 1.29 is 23.5 Å². The number of amides is 2. The van der Waals surface area contributed by atoms with Gasteiger partial charge in [0.2, 0.25) is 11.8 Å². The van der Waals surface area contributed by atoms with Crippen molar-refractivity contribution in [3.8, 4) is 11.5 Å². The second-order valence-corrected chi connectivity index (χ2v) is 7.25. The van der Waals surface area contributed by atoms with Gasteiger partial charge >= 0.3 is 0 Å². The number of fused-ring (bicyclic) bond motifs is 2. The number of carbonyl (C=O) groups is 2. The largest absolute Gasteiger partial charge is 0.486 e. The van der Waals surface area contributed by atoms with Crippen molar-refractivity contribution in [3.63, 3.8) is 0 Å². The SMILES string of the molecule is O=C1CC(C(=O)N2CCc3ccc(F)cc32)CN1c1ccc2c(c1)OCCO2. The van der Waals surface area contributed by atoms with Crippen molar-refractivity contribution >= 4 is 23.2 Å². The number of hydrogen-bond acceptors (Lipinski definition) is 4. The summed E-state index contributed by atoms with van der Waals surface area (Å²) in [5.74, 6) is 0.223. The molecule has 144 valence electrons. The van der Waals surface area contributed by atoms with Crippen LogP contribution in [0.5, 0.6) is 11.5 Å². The molecule has 3 aliphatic rings. The van der Waals surface area contributed by atoms with E-state index in [1.165, 1.54) is 12.1 Å². The quantitative estimate of drug-likeness (QED) is 0.801. The van der Waals surface area contributed by atoms with Crippen LogP contribution >= 0.6 is 0 Å². The number of benzene rings is 2. The zero-order valence-electron chi connectivity index (χ0n) is 15.2. The lowest BCUT2D eigenvalue weighted by molar-refractivity contribution is -0.124. The van der Waals surface area contributed by atoms with Crippen LogP contribution in [0.4, 0.5) is 15.8 Å². The van der Waals surface area contributed by atoms with Gasteiger partial charge in [0.05, 0.1) is 5.92 Å². The Labute approximate surface area is 161 Å². The molecule has 0 radical (unpaired) electrons. The second-order valence-electron chi connectivity index (χ2n) is 7.25. The highest BCUT2D eigenvalue weighted by Gasteiger charge is 2.39. The maximum absolute atomic E-state index is 13.6. The van der Waals surface area contributed by atoms with Crippen LogP contribution < -0.4 is 19.3 Å². The fourth-order valence-electron chi connectivity index (χ4n) is 4.12. The molecule has 2 aromatic rings. The number of hydrogen-bond donors (Lipinski definition) is 0. The molecule has 2 amide bonds. The summed E-state index contributed by atoms with van der Waals surface area (Å²) in [6.07, 6.45) is 0.850. The van der Waals surface area contributed by atoms with Crippen LogP contribution in [0.25, 0.3) is 0 Å². The van der Waals surface area contributed by atoms with Crippen LogP contribution in [0, 0.1) is 11.7 Å². The molecule has 1 atom stereocenters. The van der Waals surface area contributed by atoms with Crippen LogP contribution in [-0.2, 0) is 16.0 Å². The number of nitrogens with zero attached hydrogens (tertiary/aromatic N) is 2. The Morgan fingerprint density at radius 3 is 2.75 bits per heavy atom. The molecule has 3 aliphatic heterocycles. The molecule has 0 N–H and O–H groups in total. The number of ether oxygens (including phenoxy) is 2. The van der Waals surface area contributed by atoms with Crippen molar-refractivity contribution in [2.75, 3.05) is 36.1 Å². The van der Waals surface area contributed by atoms with E-state index < -0.39 is 5.92 Å².